The van der Waals surface area contributed by atoms with Crippen LogP contribution in [0.25, 0.3) is 0 Å². The fourth-order valence-electron chi connectivity index (χ4n) is 1.68. The minimum Gasteiger partial charge on any atom is -0.474 e. The molecule has 15 heavy (non-hydrogen) atoms. The van der Waals surface area contributed by atoms with Crippen molar-refractivity contribution in [3.05, 3.63) is 23.9 Å². The Morgan fingerprint density at radius 3 is 2.60 bits per heavy atom. The van der Waals surface area contributed by atoms with Crippen LogP contribution in [0.2, 0.25) is 0 Å². The molecule has 1 heterocycles. The molecule has 0 spiro atoms. The van der Waals surface area contributed by atoms with Crippen LogP contribution in [0.15, 0.2) is 18.3 Å². The smallest absolute Gasteiger partial charge is 0.213 e. The van der Waals surface area contributed by atoms with Gasteiger partial charge in [0.2, 0.25) is 5.88 Å². The summed E-state index contributed by atoms with van der Waals surface area (Å²) in [6.07, 6.45) is 4.07. The van der Waals surface area contributed by atoms with Gasteiger partial charge in [-0.15, -0.1) is 0 Å². The summed E-state index contributed by atoms with van der Waals surface area (Å²) in [5, 5.41) is 0. The zero-order valence-corrected chi connectivity index (χ0v) is 9.31. The van der Waals surface area contributed by atoms with Crippen LogP contribution in [0, 0.1) is 0 Å². The minimum atomic E-state index is 0.275. The van der Waals surface area contributed by atoms with Gasteiger partial charge >= 0.3 is 0 Å². The van der Waals surface area contributed by atoms with Crippen molar-refractivity contribution >= 4 is 0 Å². The summed E-state index contributed by atoms with van der Waals surface area (Å²) >= 11 is 0. The summed E-state index contributed by atoms with van der Waals surface area (Å²) in [5.74, 6) is 1.24. The highest BCUT2D eigenvalue weighted by molar-refractivity contribution is 5.20. The Hall–Kier alpha value is -1.09. The molecule has 0 unspecified atom stereocenters. The molecule has 0 radical (unpaired) electrons. The highest BCUT2D eigenvalue weighted by Crippen LogP contribution is 2.24. The molecule has 1 aliphatic rings. The van der Waals surface area contributed by atoms with Crippen molar-refractivity contribution in [3.63, 3.8) is 0 Å². The Bertz CT molecular complexity index is 315. The van der Waals surface area contributed by atoms with Crippen molar-refractivity contribution in [1.29, 1.82) is 0 Å². The van der Waals surface area contributed by atoms with Gasteiger partial charge in [-0.05, 0) is 24.3 Å². The van der Waals surface area contributed by atoms with Crippen LogP contribution in [0.1, 0.15) is 38.2 Å². The summed E-state index contributed by atoms with van der Waals surface area (Å²) < 4.78 is 5.66. The first-order valence-electron chi connectivity index (χ1n) is 5.53. The van der Waals surface area contributed by atoms with Crippen molar-refractivity contribution in [1.82, 2.24) is 4.98 Å². The molecule has 1 aromatic rings. The molecule has 0 saturated heterocycles. The van der Waals surface area contributed by atoms with Gasteiger partial charge in [-0.3, -0.25) is 0 Å². The number of aromatic nitrogens is 1. The molecule has 1 aliphatic carbocycles. The molecule has 0 atom stereocenters. The first-order chi connectivity index (χ1) is 7.15. The highest BCUT2D eigenvalue weighted by atomic mass is 16.5. The summed E-state index contributed by atoms with van der Waals surface area (Å²) in [7, 11) is 0. The SMILES string of the molecule is CC(C)c1ccc(OC2CC(N)C2)nc1. The van der Waals surface area contributed by atoms with E-state index in [4.69, 9.17) is 10.5 Å². The van der Waals surface area contributed by atoms with Crippen LogP contribution in [0.4, 0.5) is 0 Å². The molecule has 2 rings (SSSR count). The van der Waals surface area contributed by atoms with Crippen LogP contribution >= 0.6 is 0 Å². The molecule has 1 fully saturated rings. The van der Waals surface area contributed by atoms with Gasteiger partial charge in [0, 0.05) is 18.3 Å². The third-order valence-electron chi connectivity index (χ3n) is 2.84. The molecule has 2 N–H and O–H groups in total. The number of pyridine rings is 1. The van der Waals surface area contributed by atoms with Gasteiger partial charge in [-0.1, -0.05) is 19.9 Å². The second kappa shape index (κ2) is 4.19. The third kappa shape index (κ3) is 2.48. The lowest BCUT2D eigenvalue weighted by Crippen LogP contribution is -2.43. The zero-order chi connectivity index (χ0) is 10.8. The molecule has 3 nitrogen and oxygen atoms in total. The standard InChI is InChI=1S/C12H18N2O/c1-8(2)9-3-4-12(14-7-9)15-11-5-10(13)6-11/h3-4,7-8,10-11H,5-6,13H2,1-2H3. The number of nitrogens with two attached hydrogens (primary N) is 1. The van der Waals surface area contributed by atoms with Gasteiger partial charge < -0.3 is 10.5 Å². The van der Waals surface area contributed by atoms with Gasteiger partial charge in [0.1, 0.15) is 6.10 Å². The van der Waals surface area contributed by atoms with Gasteiger partial charge in [0.05, 0.1) is 0 Å². The van der Waals surface area contributed by atoms with Gasteiger partial charge in [-0.25, -0.2) is 4.98 Å². The van der Waals surface area contributed by atoms with E-state index >= 15 is 0 Å². The molecule has 1 aromatic heterocycles. The molecule has 0 amide bonds. The maximum absolute atomic E-state index is 5.69. The van der Waals surface area contributed by atoms with Crippen LogP contribution < -0.4 is 10.5 Å². The summed E-state index contributed by atoms with van der Waals surface area (Å²) in [4.78, 5) is 4.28. The first-order valence-corrected chi connectivity index (χ1v) is 5.53. The average Bonchev–Trinajstić information content (AvgIpc) is 2.16. The van der Waals surface area contributed by atoms with Crippen LogP contribution in [-0.4, -0.2) is 17.1 Å². The van der Waals surface area contributed by atoms with E-state index in [0.717, 1.165) is 18.7 Å². The predicted molar refractivity (Wildman–Crippen MR) is 60.0 cm³/mol. The largest absolute Gasteiger partial charge is 0.474 e. The van der Waals surface area contributed by atoms with Crippen molar-refractivity contribution in [2.24, 2.45) is 5.73 Å². The summed E-state index contributed by atoms with van der Waals surface area (Å²) in [5.41, 5.74) is 6.93. The lowest BCUT2D eigenvalue weighted by Gasteiger charge is -2.32. The molecule has 0 bridgehead atoms. The first kappa shape index (κ1) is 10.4. The van der Waals surface area contributed by atoms with Crippen molar-refractivity contribution < 1.29 is 4.74 Å². The van der Waals surface area contributed by atoms with Gasteiger partial charge in [-0.2, -0.15) is 0 Å². The Kier molecular flexibility index (Phi) is 2.91. The Morgan fingerprint density at radius 2 is 2.13 bits per heavy atom. The molecule has 0 aliphatic heterocycles. The Labute approximate surface area is 90.7 Å². The second-order valence-corrected chi connectivity index (χ2v) is 4.56. The maximum Gasteiger partial charge on any atom is 0.213 e. The number of hydrogen-bond donors (Lipinski definition) is 1. The van der Waals surface area contributed by atoms with E-state index in [0.29, 0.717) is 12.0 Å². The maximum atomic E-state index is 5.69. The Morgan fingerprint density at radius 1 is 1.40 bits per heavy atom. The summed E-state index contributed by atoms with van der Waals surface area (Å²) in [6, 6.07) is 4.34. The molecular formula is C12H18N2O. The average molecular weight is 206 g/mol. The van der Waals surface area contributed by atoms with Crippen molar-refractivity contribution in [3.8, 4) is 5.88 Å². The van der Waals surface area contributed by atoms with E-state index in [1.165, 1.54) is 5.56 Å². The lowest BCUT2D eigenvalue weighted by atomic mass is 9.90. The fourth-order valence-corrected chi connectivity index (χ4v) is 1.68. The Balaban J connectivity index is 1.92. The van der Waals surface area contributed by atoms with E-state index in [9.17, 15) is 0 Å². The van der Waals surface area contributed by atoms with Crippen LogP contribution in [0.5, 0.6) is 5.88 Å². The summed E-state index contributed by atoms with van der Waals surface area (Å²) in [6.45, 7) is 4.31. The molecular weight excluding hydrogens is 188 g/mol. The number of hydrogen-bond acceptors (Lipinski definition) is 3. The normalized spacial score (nSPS) is 25.1. The van der Waals surface area contributed by atoms with E-state index < -0.39 is 0 Å². The van der Waals surface area contributed by atoms with E-state index in [-0.39, 0.29) is 6.10 Å². The zero-order valence-electron chi connectivity index (χ0n) is 9.31. The second-order valence-electron chi connectivity index (χ2n) is 4.56. The predicted octanol–water partition coefficient (Wildman–Crippen LogP) is 2.07. The molecule has 1 saturated carbocycles. The van der Waals surface area contributed by atoms with Gasteiger partial charge in [0.25, 0.3) is 0 Å². The van der Waals surface area contributed by atoms with Crippen LogP contribution in [-0.2, 0) is 0 Å². The van der Waals surface area contributed by atoms with Gasteiger partial charge in [0.15, 0.2) is 0 Å². The van der Waals surface area contributed by atoms with E-state index in [1.54, 1.807) is 0 Å². The minimum absolute atomic E-state index is 0.275. The van der Waals surface area contributed by atoms with E-state index in [1.807, 2.05) is 12.3 Å². The number of ether oxygens (including phenoxy) is 1. The monoisotopic (exact) mass is 206 g/mol. The molecule has 0 aromatic carbocycles. The van der Waals surface area contributed by atoms with E-state index in [2.05, 4.69) is 24.9 Å². The lowest BCUT2D eigenvalue weighted by molar-refractivity contribution is 0.0958. The topological polar surface area (TPSA) is 48.1 Å². The van der Waals surface area contributed by atoms with Crippen LogP contribution in [0.3, 0.4) is 0 Å². The molecule has 82 valence electrons. The third-order valence-corrected chi connectivity index (χ3v) is 2.84. The fraction of sp³-hybridized carbons (Fsp3) is 0.583. The number of nitrogens with zero attached hydrogens (tertiary/aromatic N) is 1. The molecule has 3 heteroatoms. The highest BCUT2D eigenvalue weighted by Gasteiger charge is 2.27. The quantitative estimate of drug-likeness (QED) is 0.823. The number of rotatable bonds is 3. The van der Waals surface area contributed by atoms with Crippen molar-refractivity contribution in [2.75, 3.05) is 0 Å². The van der Waals surface area contributed by atoms with Crippen molar-refractivity contribution in [2.45, 2.75) is 44.8 Å².